The van der Waals surface area contributed by atoms with Crippen molar-refractivity contribution < 1.29 is 9.53 Å². The van der Waals surface area contributed by atoms with Crippen molar-refractivity contribution >= 4 is 22.8 Å². The molecule has 0 aliphatic carbocycles. The summed E-state index contributed by atoms with van der Waals surface area (Å²) in [5.74, 6) is 0.466. The summed E-state index contributed by atoms with van der Waals surface area (Å²) >= 11 is 0. The molecule has 0 unspecified atom stereocenters. The molecule has 3 rings (SSSR count). The highest BCUT2D eigenvalue weighted by molar-refractivity contribution is 5.87. The molecule has 1 heterocycles. The van der Waals surface area contributed by atoms with Gasteiger partial charge in [-0.3, -0.25) is 5.32 Å². The fourth-order valence-corrected chi connectivity index (χ4v) is 2.48. The lowest BCUT2D eigenvalue weighted by molar-refractivity contribution is 0.215. The molecule has 0 bridgehead atoms. The van der Waals surface area contributed by atoms with E-state index in [4.69, 9.17) is 4.74 Å². The number of imidazole rings is 1. The number of carbonyl (C=O) groups excluding carboxylic acids is 1. The van der Waals surface area contributed by atoms with Gasteiger partial charge in [-0.05, 0) is 49.2 Å². The van der Waals surface area contributed by atoms with Crippen molar-refractivity contribution in [3.63, 3.8) is 0 Å². The van der Waals surface area contributed by atoms with E-state index in [2.05, 4.69) is 10.3 Å². The minimum Gasteiger partial charge on any atom is -0.410 e. The standard InChI is InChI=1S/C17H17N3O2/c1-11-6-12(2)8-13(7-11)19-17(21)22-14-4-5-16-15(9-14)18-10-20(16)3/h4-10H,1-3H3,(H,19,21). The van der Waals surface area contributed by atoms with Crippen molar-refractivity contribution in [1.29, 1.82) is 0 Å². The fraction of sp³-hybridized carbons (Fsp3) is 0.176. The van der Waals surface area contributed by atoms with E-state index in [1.165, 1.54) is 0 Å². The third-order valence-electron chi connectivity index (χ3n) is 3.38. The zero-order valence-electron chi connectivity index (χ0n) is 12.8. The Kier molecular flexibility index (Phi) is 3.55. The number of nitrogens with zero attached hydrogens (tertiary/aromatic N) is 2. The highest BCUT2D eigenvalue weighted by Gasteiger charge is 2.08. The Balaban J connectivity index is 1.75. The van der Waals surface area contributed by atoms with E-state index in [-0.39, 0.29) is 0 Å². The van der Waals surface area contributed by atoms with Crippen molar-refractivity contribution in [2.24, 2.45) is 7.05 Å². The normalized spacial score (nSPS) is 10.7. The first kappa shape index (κ1) is 14.1. The van der Waals surface area contributed by atoms with E-state index in [9.17, 15) is 4.79 Å². The molecule has 0 fully saturated rings. The summed E-state index contributed by atoms with van der Waals surface area (Å²) in [5.41, 5.74) is 4.68. The Hall–Kier alpha value is -2.82. The van der Waals surface area contributed by atoms with Crippen LogP contribution in [0.3, 0.4) is 0 Å². The van der Waals surface area contributed by atoms with Crippen molar-refractivity contribution in [3.8, 4) is 5.75 Å². The van der Waals surface area contributed by atoms with Crippen molar-refractivity contribution in [2.45, 2.75) is 13.8 Å². The van der Waals surface area contributed by atoms with Crippen molar-refractivity contribution in [3.05, 3.63) is 53.9 Å². The molecule has 22 heavy (non-hydrogen) atoms. The maximum atomic E-state index is 12.0. The summed E-state index contributed by atoms with van der Waals surface area (Å²) in [6.45, 7) is 3.97. The number of ether oxygens (including phenoxy) is 1. The second-order valence-electron chi connectivity index (χ2n) is 5.40. The predicted octanol–water partition coefficient (Wildman–Crippen LogP) is 3.80. The van der Waals surface area contributed by atoms with E-state index in [0.29, 0.717) is 5.75 Å². The lowest BCUT2D eigenvalue weighted by atomic mass is 10.1. The van der Waals surface area contributed by atoms with E-state index in [1.807, 2.05) is 49.7 Å². The fourth-order valence-electron chi connectivity index (χ4n) is 2.48. The largest absolute Gasteiger partial charge is 0.417 e. The monoisotopic (exact) mass is 295 g/mol. The number of carbonyl (C=O) groups is 1. The molecule has 0 radical (unpaired) electrons. The van der Waals surface area contributed by atoms with Crippen LogP contribution in [0.2, 0.25) is 0 Å². The Labute approximate surface area is 128 Å². The maximum absolute atomic E-state index is 12.0. The topological polar surface area (TPSA) is 56.1 Å². The third kappa shape index (κ3) is 2.93. The van der Waals surface area contributed by atoms with Crippen LogP contribution in [0, 0.1) is 13.8 Å². The molecule has 1 aromatic heterocycles. The van der Waals surface area contributed by atoms with Gasteiger partial charge in [-0.2, -0.15) is 0 Å². The van der Waals surface area contributed by atoms with Gasteiger partial charge in [-0.25, -0.2) is 9.78 Å². The van der Waals surface area contributed by atoms with E-state index in [0.717, 1.165) is 27.8 Å². The van der Waals surface area contributed by atoms with Gasteiger partial charge in [-0.1, -0.05) is 6.07 Å². The number of nitrogens with one attached hydrogen (secondary N) is 1. The zero-order valence-corrected chi connectivity index (χ0v) is 12.8. The minimum absolute atomic E-state index is 0.466. The van der Waals surface area contributed by atoms with Gasteiger partial charge in [0.25, 0.3) is 0 Å². The SMILES string of the molecule is Cc1cc(C)cc(NC(=O)Oc2ccc3c(c2)ncn3C)c1. The molecule has 1 amide bonds. The quantitative estimate of drug-likeness (QED) is 0.782. The Morgan fingerprint density at radius 1 is 1.14 bits per heavy atom. The number of aryl methyl sites for hydroxylation is 3. The molecular weight excluding hydrogens is 278 g/mol. The van der Waals surface area contributed by atoms with Gasteiger partial charge in [0, 0.05) is 18.8 Å². The summed E-state index contributed by atoms with van der Waals surface area (Å²) in [7, 11) is 1.92. The van der Waals surface area contributed by atoms with Gasteiger partial charge in [0.1, 0.15) is 5.75 Å². The summed E-state index contributed by atoms with van der Waals surface area (Å²) in [5, 5.41) is 2.74. The molecular formula is C17H17N3O2. The van der Waals surface area contributed by atoms with E-state index in [1.54, 1.807) is 18.5 Å². The molecule has 0 spiro atoms. The number of hydrogen-bond acceptors (Lipinski definition) is 3. The average molecular weight is 295 g/mol. The molecule has 112 valence electrons. The molecule has 0 aliphatic heterocycles. The van der Waals surface area contributed by atoms with Crippen LogP contribution >= 0.6 is 0 Å². The van der Waals surface area contributed by atoms with Crippen LogP contribution < -0.4 is 10.1 Å². The summed E-state index contributed by atoms with van der Waals surface area (Å²) in [4.78, 5) is 16.2. The second-order valence-corrected chi connectivity index (χ2v) is 5.40. The first-order valence-electron chi connectivity index (χ1n) is 6.99. The first-order chi connectivity index (χ1) is 10.5. The smallest absolute Gasteiger partial charge is 0.410 e. The molecule has 0 saturated carbocycles. The lowest BCUT2D eigenvalue weighted by Crippen LogP contribution is -2.16. The van der Waals surface area contributed by atoms with Crippen LogP contribution in [-0.4, -0.2) is 15.6 Å². The van der Waals surface area contributed by atoms with Gasteiger partial charge < -0.3 is 9.30 Å². The molecule has 0 atom stereocenters. The molecule has 2 aromatic carbocycles. The van der Waals surface area contributed by atoms with Crippen LogP contribution in [0.15, 0.2) is 42.7 Å². The van der Waals surface area contributed by atoms with Crippen LogP contribution in [-0.2, 0) is 7.05 Å². The number of fused-ring (bicyclic) bond motifs is 1. The Morgan fingerprint density at radius 2 is 1.86 bits per heavy atom. The highest BCUT2D eigenvalue weighted by Crippen LogP contribution is 2.20. The number of anilines is 1. The van der Waals surface area contributed by atoms with Crippen molar-refractivity contribution in [2.75, 3.05) is 5.32 Å². The average Bonchev–Trinajstić information content (AvgIpc) is 2.78. The third-order valence-corrected chi connectivity index (χ3v) is 3.38. The van der Waals surface area contributed by atoms with E-state index >= 15 is 0 Å². The van der Waals surface area contributed by atoms with Gasteiger partial charge in [-0.15, -0.1) is 0 Å². The summed E-state index contributed by atoms with van der Waals surface area (Å²) < 4.78 is 7.23. The molecule has 1 N–H and O–H groups in total. The first-order valence-corrected chi connectivity index (χ1v) is 6.99. The molecule has 3 aromatic rings. The molecule has 0 aliphatic rings. The number of benzene rings is 2. The van der Waals surface area contributed by atoms with Crippen molar-refractivity contribution in [1.82, 2.24) is 9.55 Å². The van der Waals surface area contributed by atoms with Gasteiger partial charge in [0.15, 0.2) is 0 Å². The number of rotatable bonds is 2. The Morgan fingerprint density at radius 3 is 2.59 bits per heavy atom. The van der Waals surface area contributed by atoms with Crippen LogP contribution in [0.5, 0.6) is 5.75 Å². The molecule has 5 heteroatoms. The van der Waals surface area contributed by atoms with E-state index < -0.39 is 6.09 Å². The van der Waals surface area contributed by atoms with Gasteiger partial charge in [0.05, 0.1) is 17.4 Å². The molecule has 0 saturated heterocycles. The predicted molar refractivity (Wildman–Crippen MR) is 86.3 cm³/mol. The second kappa shape index (κ2) is 5.52. The van der Waals surface area contributed by atoms with Crippen LogP contribution in [0.1, 0.15) is 11.1 Å². The lowest BCUT2D eigenvalue weighted by Gasteiger charge is -2.08. The number of aromatic nitrogens is 2. The number of amides is 1. The van der Waals surface area contributed by atoms with Gasteiger partial charge in [0.2, 0.25) is 0 Å². The zero-order chi connectivity index (χ0) is 15.7. The number of hydrogen-bond donors (Lipinski definition) is 1. The van der Waals surface area contributed by atoms with Gasteiger partial charge >= 0.3 is 6.09 Å². The maximum Gasteiger partial charge on any atom is 0.417 e. The minimum atomic E-state index is -0.514. The highest BCUT2D eigenvalue weighted by atomic mass is 16.6. The Bertz CT molecular complexity index is 832. The molecule has 5 nitrogen and oxygen atoms in total. The summed E-state index contributed by atoms with van der Waals surface area (Å²) in [6, 6.07) is 11.2. The van der Waals surface area contributed by atoms with Crippen LogP contribution in [0.4, 0.5) is 10.5 Å². The summed E-state index contributed by atoms with van der Waals surface area (Å²) in [6.07, 6.45) is 1.21. The van der Waals surface area contributed by atoms with Crippen LogP contribution in [0.25, 0.3) is 11.0 Å².